The molecule has 6 rings (SSSR count). The van der Waals surface area contributed by atoms with Crippen LogP contribution in [0.15, 0.2) is 154 Å². The fraction of sp³-hybridized carbons (Fsp3) is 0.0500. The van der Waals surface area contributed by atoms with Crippen LogP contribution in [0.4, 0.5) is 10.8 Å². The third kappa shape index (κ3) is 9.23. The number of carbonyl (C=O) groups is 3. The van der Waals surface area contributed by atoms with Gasteiger partial charge in [-0.05, 0) is 66.6 Å². The van der Waals surface area contributed by atoms with Crippen LogP contribution in [0.5, 0.6) is 0 Å². The summed E-state index contributed by atoms with van der Waals surface area (Å²) in [6.45, 7) is 1.96. The number of amides is 3. The Hall–Kier alpha value is -5.29. The number of hydrogen-bond acceptors (Lipinski definition) is 6. The monoisotopic (exact) mass is 758 g/mol. The maximum atomic E-state index is 13.8. The van der Waals surface area contributed by atoms with E-state index in [-0.39, 0.29) is 11.6 Å². The Morgan fingerprint density at radius 1 is 0.800 bits per heavy atom. The first-order chi connectivity index (χ1) is 24.3. The van der Waals surface area contributed by atoms with Gasteiger partial charge >= 0.3 is 0 Å². The molecule has 10 heteroatoms. The van der Waals surface area contributed by atoms with Gasteiger partial charge in [-0.25, -0.2) is 4.98 Å². The molecule has 6 aromatic rings. The first-order valence-corrected chi connectivity index (χ1v) is 18.2. The van der Waals surface area contributed by atoms with Gasteiger partial charge in [0.2, 0.25) is 5.91 Å². The molecule has 0 saturated heterocycles. The molecule has 1 heterocycles. The zero-order valence-corrected chi connectivity index (χ0v) is 30.0. The number of nitrogens with zero attached hydrogens (tertiary/aromatic N) is 1. The van der Waals surface area contributed by atoms with E-state index in [9.17, 15) is 14.4 Å². The van der Waals surface area contributed by atoms with Crippen molar-refractivity contribution in [3.63, 3.8) is 0 Å². The molecule has 3 amide bonds. The van der Waals surface area contributed by atoms with E-state index in [0.29, 0.717) is 16.4 Å². The molecule has 0 radical (unpaired) electrons. The third-order valence-electron chi connectivity index (χ3n) is 7.44. The Kier molecular flexibility index (Phi) is 11.3. The van der Waals surface area contributed by atoms with E-state index in [1.165, 1.54) is 23.1 Å². The first kappa shape index (κ1) is 34.6. The van der Waals surface area contributed by atoms with Crippen LogP contribution in [0.2, 0.25) is 0 Å². The van der Waals surface area contributed by atoms with Gasteiger partial charge in [-0.1, -0.05) is 112 Å². The van der Waals surface area contributed by atoms with Gasteiger partial charge in [0.05, 0.1) is 5.69 Å². The normalized spacial score (nSPS) is 11.8. The molecule has 0 aliphatic carbocycles. The lowest BCUT2D eigenvalue weighted by molar-refractivity contribution is -0.116. The molecule has 1 atom stereocenters. The van der Waals surface area contributed by atoms with Crippen LogP contribution in [0.25, 0.3) is 17.3 Å². The highest BCUT2D eigenvalue weighted by atomic mass is 79.9. The number of thioether (sulfide) groups is 1. The first-order valence-electron chi connectivity index (χ1n) is 15.6. The van der Waals surface area contributed by atoms with E-state index in [0.717, 1.165) is 37.3 Å². The minimum absolute atomic E-state index is 0.0926. The Labute approximate surface area is 307 Å². The number of rotatable bonds is 11. The summed E-state index contributed by atoms with van der Waals surface area (Å²) >= 11 is 6.18. The predicted molar refractivity (Wildman–Crippen MR) is 207 cm³/mol. The molecule has 5 aromatic carbocycles. The van der Waals surface area contributed by atoms with Crippen molar-refractivity contribution in [2.24, 2.45) is 0 Å². The summed E-state index contributed by atoms with van der Waals surface area (Å²) in [7, 11) is 0. The van der Waals surface area contributed by atoms with Crippen molar-refractivity contribution in [1.29, 1.82) is 0 Å². The van der Waals surface area contributed by atoms with E-state index in [1.807, 2.05) is 115 Å². The maximum Gasteiger partial charge on any atom is 0.272 e. The van der Waals surface area contributed by atoms with Gasteiger partial charge in [0.15, 0.2) is 5.13 Å². The van der Waals surface area contributed by atoms with E-state index < -0.39 is 17.1 Å². The molecule has 0 aliphatic rings. The van der Waals surface area contributed by atoms with Crippen molar-refractivity contribution >= 4 is 73.6 Å². The molecule has 0 saturated carbocycles. The van der Waals surface area contributed by atoms with Crippen molar-refractivity contribution in [1.82, 2.24) is 10.3 Å². The lowest BCUT2D eigenvalue weighted by Gasteiger charge is -2.17. The highest BCUT2D eigenvalue weighted by molar-refractivity contribution is 9.10. The fourth-order valence-corrected chi connectivity index (χ4v) is 7.08. The fourth-order valence-electron chi connectivity index (χ4n) is 5.01. The quantitative estimate of drug-likeness (QED) is 0.0903. The highest BCUT2D eigenvalue weighted by Crippen LogP contribution is 2.38. The summed E-state index contributed by atoms with van der Waals surface area (Å²) in [5, 5.41) is 10.5. The van der Waals surface area contributed by atoms with Gasteiger partial charge < -0.3 is 16.0 Å². The minimum atomic E-state index is -0.607. The van der Waals surface area contributed by atoms with E-state index in [4.69, 9.17) is 0 Å². The van der Waals surface area contributed by atoms with Gasteiger partial charge in [-0.3, -0.25) is 14.4 Å². The summed E-state index contributed by atoms with van der Waals surface area (Å²) in [6.07, 6.45) is 1.65. The molecule has 50 heavy (non-hydrogen) atoms. The van der Waals surface area contributed by atoms with Crippen molar-refractivity contribution in [3.05, 3.63) is 171 Å². The van der Waals surface area contributed by atoms with Gasteiger partial charge in [-0.15, -0.1) is 23.1 Å². The van der Waals surface area contributed by atoms with E-state index >= 15 is 0 Å². The number of hydrogen-bond donors (Lipinski definition) is 3. The van der Waals surface area contributed by atoms with Crippen LogP contribution < -0.4 is 16.0 Å². The topological polar surface area (TPSA) is 100 Å². The smallest absolute Gasteiger partial charge is 0.272 e. The van der Waals surface area contributed by atoms with Crippen LogP contribution in [0.1, 0.15) is 32.3 Å². The van der Waals surface area contributed by atoms with Crippen LogP contribution in [-0.4, -0.2) is 22.7 Å². The summed E-state index contributed by atoms with van der Waals surface area (Å²) in [6, 6.07) is 41.0. The molecular formula is C40H31BrN4O3S2. The van der Waals surface area contributed by atoms with Crippen LogP contribution >= 0.6 is 39.0 Å². The molecule has 0 aliphatic heterocycles. The average molecular weight is 760 g/mol. The molecule has 7 nitrogen and oxygen atoms in total. The molecule has 248 valence electrons. The second kappa shape index (κ2) is 16.4. The number of nitrogens with one attached hydrogen (secondary N) is 3. The maximum absolute atomic E-state index is 13.8. The van der Waals surface area contributed by atoms with Crippen molar-refractivity contribution < 1.29 is 14.4 Å². The Morgan fingerprint density at radius 2 is 1.52 bits per heavy atom. The summed E-state index contributed by atoms with van der Waals surface area (Å²) in [5.41, 5.74) is 5.38. The largest absolute Gasteiger partial charge is 0.321 e. The minimum Gasteiger partial charge on any atom is -0.321 e. The Balaban J connectivity index is 1.21. The van der Waals surface area contributed by atoms with E-state index in [1.54, 1.807) is 36.4 Å². The number of carbonyl (C=O) groups excluding carboxylic acids is 3. The number of benzene rings is 5. The summed E-state index contributed by atoms with van der Waals surface area (Å²) < 4.78 is 0.977. The van der Waals surface area contributed by atoms with Crippen LogP contribution in [0, 0.1) is 6.92 Å². The Morgan fingerprint density at radius 3 is 2.26 bits per heavy atom. The second-order valence-corrected chi connectivity index (χ2v) is 14.2. The van der Waals surface area contributed by atoms with Crippen molar-refractivity contribution in [3.8, 4) is 11.3 Å². The number of halogens is 1. The molecule has 0 spiro atoms. The van der Waals surface area contributed by atoms with Gasteiger partial charge in [0.25, 0.3) is 11.8 Å². The lowest BCUT2D eigenvalue weighted by atomic mass is 10.1. The molecule has 3 N–H and O–H groups in total. The van der Waals surface area contributed by atoms with Crippen molar-refractivity contribution in [2.75, 3.05) is 10.6 Å². The molecule has 1 aromatic heterocycles. The Bertz CT molecular complexity index is 2150. The number of thiazole rings is 1. The average Bonchev–Trinajstić information content (AvgIpc) is 3.59. The third-order valence-corrected chi connectivity index (χ3v) is 9.98. The summed E-state index contributed by atoms with van der Waals surface area (Å²) in [4.78, 5) is 46.0. The van der Waals surface area contributed by atoms with E-state index in [2.05, 4.69) is 36.9 Å². The number of aromatic nitrogens is 1. The zero-order valence-electron chi connectivity index (χ0n) is 26.8. The lowest BCUT2D eigenvalue weighted by Crippen LogP contribution is -2.30. The van der Waals surface area contributed by atoms with Crippen LogP contribution in [0.3, 0.4) is 0 Å². The van der Waals surface area contributed by atoms with Crippen LogP contribution in [-0.2, 0) is 9.59 Å². The highest BCUT2D eigenvalue weighted by Gasteiger charge is 2.24. The SMILES string of the molecule is Cc1cccc(/C=C(/NC(=O)c2ccccc2)C(=O)Nc2cccc(SC(C(=O)Nc3nc(-c4ccc(Br)cc4)cs3)c3ccccc3)c2)c1. The number of anilines is 2. The number of aryl methyl sites for hydroxylation is 1. The molecule has 0 bridgehead atoms. The molecular weight excluding hydrogens is 729 g/mol. The van der Waals surface area contributed by atoms with Gasteiger partial charge in [0.1, 0.15) is 10.9 Å². The predicted octanol–water partition coefficient (Wildman–Crippen LogP) is 9.76. The standard InChI is InChI=1S/C40H31BrN4O3S2/c1-26-10-8-11-27(22-26)23-34(43-37(46)30-14-6-3-7-15-30)38(47)42-32-16-9-17-33(24-32)50-36(29-12-4-2-5-13-29)39(48)45-40-44-35(25-49-40)28-18-20-31(41)21-19-28/h2-25,36H,1H3,(H,42,47)(H,43,46)(H,44,45,48)/b34-23+. The summed E-state index contributed by atoms with van der Waals surface area (Å²) in [5.74, 6) is -1.11. The zero-order chi connectivity index (χ0) is 34.9. The van der Waals surface area contributed by atoms with Gasteiger partial charge in [0, 0.05) is 31.6 Å². The molecule has 0 fully saturated rings. The second-order valence-electron chi connectivity index (χ2n) is 11.2. The van der Waals surface area contributed by atoms with Gasteiger partial charge in [-0.2, -0.15) is 0 Å². The van der Waals surface area contributed by atoms with Crippen molar-refractivity contribution in [2.45, 2.75) is 17.1 Å². The molecule has 1 unspecified atom stereocenters.